The normalized spacial score (nSPS) is 10.4. The van der Waals surface area contributed by atoms with E-state index in [2.05, 4.69) is 9.72 Å². The molecule has 0 unspecified atom stereocenters. The Morgan fingerprint density at radius 1 is 1.57 bits per heavy atom. The number of anilines is 1. The zero-order valence-corrected chi connectivity index (χ0v) is 8.15. The van der Waals surface area contributed by atoms with Crippen molar-refractivity contribution in [3.05, 3.63) is 29.5 Å². The summed E-state index contributed by atoms with van der Waals surface area (Å²) in [4.78, 5) is 14.9. The summed E-state index contributed by atoms with van der Waals surface area (Å²) in [5.74, 6) is 0.0220. The van der Waals surface area contributed by atoms with Gasteiger partial charge in [-0.05, 0) is 24.6 Å². The van der Waals surface area contributed by atoms with E-state index >= 15 is 0 Å². The molecule has 0 saturated carbocycles. The molecular formula is C10H12N2O2. The summed E-state index contributed by atoms with van der Waals surface area (Å²) in [7, 11) is 1.33. The Hall–Kier alpha value is -1.84. The van der Waals surface area contributed by atoms with Gasteiger partial charge in [-0.2, -0.15) is 0 Å². The van der Waals surface area contributed by atoms with Crippen molar-refractivity contribution in [1.29, 1.82) is 0 Å². The summed E-state index contributed by atoms with van der Waals surface area (Å²) in [5, 5.41) is 0. The lowest BCUT2D eigenvalue weighted by Gasteiger charge is -1.99. The van der Waals surface area contributed by atoms with Gasteiger partial charge in [-0.15, -0.1) is 0 Å². The molecule has 0 saturated heterocycles. The van der Waals surface area contributed by atoms with Gasteiger partial charge in [0.1, 0.15) is 5.82 Å². The van der Waals surface area contributed by atoms with Crippen LogP contribution in [0, 0.1) is 6.92 Å². The first-order valence-corrected chi connectivity index (χ1v) is 4.12. The zero-order chi connectivity index (χ0) is 10.6. The Morgan fingerprint density at radius 2 is 2.29 bits per heavy atom. The number of carbonyl (C=O) groups excluding carboxylic acids is 1. The second kappa shape index (κ2) is 4.41. The minimum atomic E-state index is -0.409. The van der Waals surface area contributed by atoms with E-state index in [1.807, 2.05) is 13.0 Å². The second-order valence-corrected chi connectivity index (χ2v) is 2.79. The highest BCUT2D eigenvalue weighted by Crippen LogP contribution is 2.09. The highest BCUT2D eigenvalue weighted by molar-refractivity contribution is 5.86. The lowest BCUT2D eigenvalue weighted by atomic mass is 10.2. The molecule has 0 amide bonds. The molecule has 1 aromatic rings. The van der Waals surface area contributed by atoms with Crippen molar-refractivity contribution in [1.82, 2.24) is 4.98 Å². The fourth-order valence-corrected chi connectivity index (χ4v) is 0.944. The topological polar surface area (TPSA) is 65.2 Å². The van der Waals surface area contributed by atoms with Gasteiger partial charge in [-0.3, -0.25) is 0 Å². The highest BCUT2D eigenvalue weighted by Gasteiger charge is 1.98. The zero-order valence-electron chi connectivity index (χ0n) is 8.15. The van der Waals surface area contributed by atoms with Gasteiger partial charge in [0, 0.05) is 6.08 Å². The fourth-order valence-electron chi connectivity index (χ4n) is 0.944. The van der Waals surface area contributed by atoms with Crippen LogP contribution in [0.15, 0.2) is 18.2 Å². The smallest absolute Gasteiger partial charge is 0.330 e. The Bertz CT molecular complexity index is 372. The molecule has 1 heterocycles. The molecule has 0 spiro atoms. The van der Waals surface area contributed by atoms with Crippen molar-refractivity contribution in [3.8, 4) is 0 Å². The first kappa shape index (κ1) is 10.2. The van der Waals surface area contributed by atoms with E-state index in [9.17, 15) is 4.79 Å². The summed E-state index contributed by atoms with van der Waals surface area (Å²) in [6.07, 6.45) is 2.90. The highest BCUT2D eigenvalue weighted by atomic mass is 16.5. The maximum atomic E-state index is 10.8. The number of aryl methyl sites for hydroxylation is 1. The Balaban J connectivity index is 2.90. The van der Waals surface area contributed by atoms with Crippen LogP contribution in [0.3, 0.4) is 0 Å². The van der Waals surface area contributed by atoms with Gasteiger partial charge >= 0.3 is 5.97 Å². The SMILES string of the molecule is COC(=O)C=Cc1nc(N)ccc1C. The quantitative estimate of drug-likeness (QED) is 0.564. The molecule has 14 heavy (non-hydrogen) atoms. The fraction of sp³-hybridized carbons (Fsp3) is 0.200. The minimum Gasteiger partial charge on any atom is -0.466 e. The van der Waals surface area contributed by atoms with Crippen LogP contribution < -0.4 is 5.73 Å². The third kappa shape index (κ3) is 2.58. The summed E-state index contributed by atoms with van der Waals surface area (Å²) >= 11 is 0. The van der Waals surface area contributed by atoms with Crippen molar-refractivity contribution < 1.29 is 9.53 Å². The van der Waals surface area contributed by atoms with Crippen molar-refractivity contribution in [2.45, 2.75) is 6.92 Å². The number of nitrogens with zero attached hydrogens (tertiary/aromatic N) is 1. The number of aromatic nitrogens is 1. The summed E-state index contributed by atoms with van der Waals surface area (Å²) in [6.45, 7) is 1.89. The van der Waals surface area contributed by atoms with Crippen LogP contribution in [0.4, 0.5) is 5.82 Å². The van der Waals surface area contributed by atoms with Gasteiger partial charge in [0.2, 0.25) is 0 Å². The van der Waals surface area contributed by atoms with Gasteiger partial charge in [-0.1, -0.05) is 6.07 Å². The number of methoxy groups -OCH3 is 1. The molecule has 0 fully saturated rings. The monoisotopic (exact) mass is 192 g/mol. The number of pyridine rings is 1. The van der Waals surface area contributed by atoms with Crippen LogP contribution in [0.1, 0.15) is 11.3 Å². The second-order valence-electron chi connectivity index (χ2n) is 2.79. The third-order valence-electron chi connectivity index (χ3n) is 1.74. The molecule has 0 aliphatic carbocycles. The number of nitrogens with two attached hydrogens (primary N) is 1. The van der Waals surface area contributed by atoms with Gasteiger partial charge in [0.05, 0.1) is 12.8 Å². The first-order chi connectivity index (χ1) is 6.63. The van der Waals surface area contributed by atoms with Crippen LogP contribution in [0.5, 0.6) is 0 Å². The summed E-state index contributed by atoms with van der Waals surface area (Å²) in [5.41, 5.74) is 7.14. The molecule has 4 nitrogen and oxygen atoms in total. The van der Waals surface area contributed by atoms with Crippen LogP contribution in [-0.2, 0) is 9.53 Å². The van der Waals surface area contributed by atoms with Crippen molar-refractivity contribution in [3.63, 3.8) is 0 Å². The average molecular weight is 192 g/mol. The molecular weight excluding hydrogens is 180 g/mol. The lowest BCUT2D eigenvalue weighted by molar-refractivity contribution is -0.134. The van der Waals surface area contributed by atoms with Crippen LogP contribution in [-0.4, -0.2) is 18.1 Å². The number of esters is 1. The van der Waals surface area contributed by atoms with E-state index < -0.39 is 5.97 Å². The molecule has 1 aromatic heterocycles. The van der Waals surface area contributed by atoms with E-state index in [4.69, 9.17) is 5.73 Å². The molecule has 4 heteroatoms. The van der Waals surface area contributed by atoms with Gasteiger partial charge in [-0.25, -0.2) is 9.78 Å². The molecule has 0 bridgehead atoms. The van der Waals surface area contributed by atoms with Crippen LogP contribution in [0.25, 0.3) is 6.08 Å². The Kier molecular flexibility index (Phi) is 3.23. The maximum Gasteiger partial charge on any atom is 0.330 e. The predicted octanol–water partition coefficient (Wildman–Crippen LogP) is 1.16. The number of hydrogen-bond donors (Lipinski definition) is 1. The molecule has 1 rings (SSSR count). The number of rotatable bonds is 2. The van der Waals surface area contributed by atoms with Crippen molar-refractivity contribution >= 4 is 17.9 Å². The molecule has 0 aromatic carbocycles. The van der Waals surface area contributed by atoms with Crippen molar-refractivity contribution in [2.24, 2.45) is 0 Å². The van der Waals surface area contributed by atoms with E-state index in [1.165, 1.54) is 13.2 Å². The standard InChI is InChI=1S/C10H12N2O2/c1-7-3-5-9(11)12-8(7)4-6-10(13)14-2/h3-6H,1-2H3,(H2,11,12). The largest absolute Gasteiger partial charge is 0.466 e. The number of carbonyl (C=O) groups is 1. The molecule has 0 aliphatic rings. The van der Waals surface area contributed by atoms with Crippen LogP contribution >= 0.6 is 0 Å². The number of hydrogen-bond acceptors (Lipinski definition) is 4. The first-order valence-electron chi connectivity index (χ1n) is 4.12. The van der Waals surface area contributed by atoms with E-state index in [-0.39, 0.29) is 0 Å². The number of ether oxygens (including phenoxy) is 1. The molecule has 0 aliphatic heterocycles. The van der Waals surface area contributed by atoms with E-state index in [0.29, 0.717) is 11.5 Å². The minimum absolute atomic E-state index is 0.409. The molecule has 2 N–H and O–H groups in total. The van der Waals surface area contributed by atoms with Gasteiger partial charge in [0.25, 0.3) is 0 Å². The summed E-state index contributed by atoms with van der Waals surface area (Å²) in [6, 6.07) is 3.56. The molecule has 0 radical (unpaired) electrons. The van der Waals surface area contributed by atoms with Gasteiger partial charge in [0.15, 0.2) is 0 Å². The summed E-state index contributed by atoms with van der Waals surface area (Å²) < 4.78 is 4.46. The van der Waals surface area contributed by atoms with Crippen molar-refractivity contribution in [2.75, 3.05) is 12.8 Å². The predicted molar refractivity (Wildman–Crippen MR) is 54.4 cm³/mol. The average Bonchev–Trinajstić information content (AvgIpc) is 2.19. The Morgan fingerprint density at radius 3 is 2.93 bits per heavy atom. The molecule has 74 valence electrons. The van der Waals surface area contributed by atoms with E-state index in [1.54, 1.807) is 12.1 Å². The van der Waals surface area contributed by atoms with Gasteiger partial charge < -0.3 is 10.5 Å². The lowest BCUT2D eigenvalue weighted by Crippen LogP contribution is -1.96. The molecule has 0 atom stereocenters. The van der Waals surface area contributed by atoms with Crippen LogP contribution in [0.2, 0.25) is 0 Å². The maximum absolute atomic E-state index is 10.8. The number of nitrogen functional groups attached to an aromatic ring is 1. The Labute approximate surface area is 82.4 Å². The van der Waals surface area contributed by atoms with E-state index in [0.717, 1.165) is 5.56 Å². The third-order valence-corrected chi connectivity index (χ3v) is 1.74.